The average molecular weight is 510 g/mol. The van der Waals surface area contributed by atoms with Crippen molar-refractivity contribution in [3.05, 3.63) is 78.0 Å². The third-order valence-electron chi connectivity index (χ3n) is 6.29. The SMILES string of the molecule is Cn1cc2c(C(N)=O)cccc2c1-c1nc(NCc2cccc(B(O)O)c2)c2cccc(OCCN)c2n1. The fourth-order valence-electron chi connectivity index (χ4n) is 4.55. The standard InChI is InChI=1S/C27H27BN6O4/c1-34-15-21-18(7-3-8-19(21)25(30)35)24(34)27-32-23-20(9-4-10-22(23)38-12-11-29)26(33-27)31-14-16-5-2-6-17(13-16)28(36)37/h2-10,13,15,36-37H,11-12,14,29H2,1H3,(H2,30,35)(H,31,32,33). The van der Waals surface area contributed by atoms with E-state index in [1.165, 1.54) is 0 Å². The van der Waals surface area contributed by atoms with Crippen molar-refractivity contribution in [1.29, 1.82) is 0 Å². The third kappa shape index (κ3) is 4.77. The van der Waals surface area contributed by atoms with Crippen molar-refractivity contribution in [2.24, 2.45) is 18.5 Å². The van der Waals surface area contributed by atoms with Crippen LogP contribution in [0.5, 0.6) is 5.75 Å². The fraction of sp³-hybridized carbons (Fsp3) is 0.148. The molecule has 5 aromatic rings. The number of rotatable bonds is 9. The molecule has 10 nitrogen and oxygen atoms in total. The maximum Gasteiger partial charge on any atom is 0.488 e. The van der Waals surface area contributed by atoms with Crippen LogP contribution in [0.2, 0.25) is 0 Å². The van der Waals surface area contributed by atoms with Crippen LogP contribution in [0.25, 0.3) is 33.2 Å². The van der Waals surface area contributed by atoms with Crippen LogP contribution in [0, 0.1) is 0 Å². The molecule has 0 aliphatic heterocycles. The Balaban J connectivity index is 1.66. The molecule has 11 heteroatoms. The summed E-state index contributed by atoms with van der Waals surface area (Å²) in [6, 6.07) is 18.0. The highest BCUT2D eigenvalue weighted by molar-refractivity contribution is 6.58. The molecule has 3 aromatic carbocycles. The molecule has 0 saturated heterocycles. The summed E-state index contributed by atoms with van der Waals surface area (Å²) in [5, 5.41) is 24.7. The minimum Gasteiger partial charge on any atom is -0.490 e. The normalized spacial score (nSPS) is 11.2. The molecular formula is C27H27BN6O4. The van der Waals surface area contributed by atoms with Crippen molar-refractivity contribution in [2.75, 3.05) is 18.5 Å². The van der Waals surface area contributed by atoms with Gasteiger partial charge in [0.15, 0.2) is 5.82 Å². The first-order valence-corrected chi connectivity index (χ1v) is 12.1. The van der Waals surface area contributed by atoms with Crippen molar-refractivity contribution < 1.29 is 19.6 Å². The van der Waals surface area contributed by atoms with Gasteiger partial charge in [-0.2, -0.15) is 0 Å². The van der Waals surface area contributed by atoms with Gasteiger partial charge in [-0.25, -0.2) is 9.97 Å². The van der Waals surface area contributed by atoms with E-state index in [0.717, 1.165) is 16.3 Å². The number of nitrogens with zero attached hydrogens (tertiary/aromatic N) is 3. The second kappa shape index (κ2) is 10.5. The minimum atomic E-state index is -1.56. The van der Waals surface area contributed by atoms with Crippen LogP contribution < -0.4 is 27.0 Å². The number of fused-ring (bicyclic) bond motifs is 2. The topological polar surface area (TPSA) is 162 Å². The van der Waals surface area contributed by atoms with Crippen LogP contribution >= 0.6 is 0 Å². The number of benzene rings is 3. The van der Waals surface area contributed by atoms with E-state index >= 15 is 0 Å². The van der Waals surface area contributed by atoms with Gasteiger partial charge >= 0.3 is 7.12 Å². The molecule has 0 bridgehead atoms. The van der Waals surface area contributed by atoms with Crippen molar-refractivity contribution in [3.8, 4) is 17.3 Å². The molecule has 5 rings (SSSR count). The molecule has 0 radical (unpaired) electrons. The molecule has 0 aliphatic rings. The van der Waals surface area contributed by atoms with Crippen LogP contribution in [0.1, 0.15) is 15.9 Å². The number of anilines is 1. The first kappa shape index (κ1) is 25.2. The van der Waals surface area contributed by atoms with Crippen LogP contribution in [0.4, 0.5) is 5.82 Å². The Kier molecular flexibility index (Phi) is 6.97. The van der Waals surface area contributed by atoms with Gasteiger partial charge < -0.3 is 36.1 Å². The number of amides is 1. The number of ether oxygens (including phenoxy) is 1. The number of hydrogen-bond acceptors (Lipinski definition) is 8. The van der Waals surface area contributed by atoms with Crippen molar-refractivity contribution in [1.82, 2.24) is 14.5 Å². The van der Waals surface area contributed by atoms with E-state index in [-0.39, 0.29) is 0 Å². The molecular weight excluding hydrogens is 483 g/mol. The van der Waals surface area contributed by atoms with Gasteiger partial charge in [-0.1, -0.05) is 42.5 Å². The van der Waals surface area contributed by atoms with E-state index in [1.54, 1.807) is 30.3 Å². The number of aryl methyl sites for hydroxylation is 1. The molecule has 2 aromatic heterocycles. The predicted molar refractivity (Wildman–Crippen MR) is 148 cm³/mol. The highest BCUT2D eigenvalue weighted by atomic mass is 16.5. The lowest BCUT2D eigenvalue weighted by molar-refractivity contribution is 0.100. The molecule has 0 spiro atoms. The fourth-order valence-corrected chi connectivity index (χ4v) is 4.55. The van der Waals surface area contributed by atoms with Gasteiger partial charge in [0.1, 0.15) is 23.7 Å². The molecule has 0 atom stereocenters. The van der Waals surface area contributed by atoms with E-state index in [4.69, 9.17) is 26.2 Å². The minimum absolute atomic E-state index is 0.326. The van der Waals surface area contributed by atoms with Crippen LogP contribution in [0.3, 0.4) is 0 Å². The monoisotopic (exact) mass is 510 g/mol. The van der Waals surface area contributed by atoms with Crippen molar-refractivity contribution in [3.63, 3.8) is 0 Å². The van der Waals surface area contributed by atoms with Crippen LogP contribution in [-0.2, 0) is 13.6 Å². The number of nitrogens with two attached hydrogens (primary N) is 2. The van der Waals surface area contributed by atoms with E-state index in [1.807, 2.05) is 48.1 Å². The summed E-state index contributed by atoms with van der Waals surface area (Å²) in [4.78, 5) is 21.8. The summed E-state index contributed by atoms with van der Waals surface area (Å²) in [7, 11) is 0.308. The number of carbonyl (C=O) groups excluding carboxylic acids is 1. The van der Waals surface area contributed by atoms with E-state index < -0.39 is 13.0 Å². The number of primary amides is 1. The van der Waals surface area contributed by atoms with E-state index in [2.05, 4.69) is 5.32 Å². The summed E-state index contributed by atoms with van der Waals surface area (Å²) in [5.74, 6) is 1.06. The molecule has 2 heterocycles. The van der Waals surface area contributed by atoms with Crippen LogP contribution in [0.15, 0.2) is 66.9 Å². The van der Waals surface area contributed by atoms with Gasteiger partial charge in [0.05, 0.1) is 5.69 Å². The molecule has 7 N–H and O–H groups in total. The largest absolute Gasteiger partial charge is 0.490 e. The highest BCUT2D eigenvalue weighted by Gasteiger charge is 2.20. The first-order valence-electron chi connectivity index (χ1n) is 12.1. The number of carbonyl (C=O) groups is 1. The van der Waals surface area contributed by atoms with E-state index in [0.29, 0.717) is 64.7 Å². The number of aromatic nitrogens is 3. The lowest BCUT2D eigenvalue weighted by Gasteiger charge is -2.15. The molecule has 0 fully saturated rings. The molecule has 0 unspecified atom stereocenters. The number of hydrogen-bond donors (Lipinski definition) is 5. The van der Waals surface area contributed by atoms with Crippen LogP contribution in [-0.4, -0.2) is 50.8 Å². The van der Waals surface area contributed by atoms with Gasteiger partial charge in [0.2, 0.25) is 5.91 Å². The Labute approximate surface area is 219 Å². The highest BCUT2D eigenvalue weighted by Crippen LogP contribution is 2.35. The molecule has 1 amide bonds. The predicted octanol–water partition coefficient (Wildman–Crippen LogP) is 1.52. The molecule has 0 saturated carbocycles. The summed E-state index contributed by atoms with van der Waals surface area (Å²) < 4.78 is 7.77. The lowest BCUT2D eigenvalue weighted by Crippen LogP contribution is -2.30. The van der Waals surface area contributed by atoms with Crippen molar-refractivity contribution >= 4 is 46.0 Å². The maximum atomic E-state index is 12.0. The third-order valence-corrected chi connectivity index (χ3v) is 6.29. The summed E-state index contributed by atoms with van der Waals surface area (Å²) in [6.45, 7) is 1.05. The average Bonchev–Trinajstić information content (AvgIpc) is 3.26. The van der Waals surface area contributed by atoms with Gasteiger partial charge in [-0.3, -0.25) is 4.79 Å². The van der Waals surface area contributed by atoms with E-state index in [9.17, 15) is 14.8 Å². The molecule has 38 heavy (non-hydrogen) atoms. The van der Waals surface area contributed by atoms with Crippen molar-refractivity contribution in [2.45, 2.75) is 6.54 Å². The summed E-state index contributed by atoms with van der Waals surface area (Å²) in [5.41, 5.74) is 14.3. The van der Waals surface area contributed by atoms with Gasteiger partial charge in [-0.15, -0.1) is 0 Å². The Morgan fingerprint density at radius 2 is 1.82 bits per heavy atom. The maximum absolute atomic E-state index is 12.0. The Morgan fingerprint density at radius 3 is 2.58 bits per heavy atom. The van der Waals surface area contributed by atoms with Gasteiger partial charge in [0.25, 0.3) is 0 Å². The summed E-state index contributed by atoms with van der Waals surface area (Å²) in [6.07, 6.45) is 1.84. The smallest absolute Gasteiger partial charge is 0.488 e. The quantitative estimate of drug-likeness (QED) is 0.187. The molecule has 0 aliphatic carbocycles. The second-order valence-corrected chi connectivity index (χ2v) is 8.88. The van der Waals surface area contributed by atoms with Gasteiger partial charge in [0, 0.05) is 48.1 Å². The van der Waals surface area contributed by atoms with Gasteiger partial charge in [-0.05, 0) is 29.2 Å². The summed E-state index contributed by atoms with van der Waals surface area (Å²) >= 11 is 0. The Bertz CT molecular complexity index is 1650. The Hall–Kier alpha value is -4.45. The zero-order valence-corrected chi connectivity index (χ0v) is 20.8. The molecule has 192 valence electrons. The first-order chi connectivity index (χ1) is 18.4. The Morgan fingerprint density at radius 1 is 1.05 bits per heavy atom. The number of para-hydroxylation sites is 1. The lowest BCUT2D eigenvalue weighted by atomic mass is 9.80. The zero-order chi connectivity index (χ0) is 26.8. The zero-order valence-electron chi connectivity index (χ0n) is 20.8. The second-order valence-electron chi connectivity index (χ2n) is 8.88. The number of nitrogens with one attached hydrogen (secondary N) is 1.